The molecular formula is C62H72N2O8. The zero-order chi connectivity index (χ0) is 50.3. The van der Waals surface area contributed by atoms with Gasteiger partial charge in [-0.2, -0.15) is 0 Å². The summed E-state index contributed by atoms with van der Waals surface area (Å²) < 4.78 is 34.7. The van der Waals surface area contributed by atoms with Crippen molar-refractivity contribution in [2.24, 2.45) is 9.98 Å². The van der Waals surface area contributed by atoms with E-state index >= 15 is 0 Å². The largest absolute Gasteiger partial charge is 0.494 e. The van der Waals surface area contributed by atoms with Gasteiger partial charge in [-0.3, -0.25) is 9.98 Å². The molecule has 6 rings (SSSR count). The first-order chi connectivity index (χ1) is 35.4. The molecule has 0 aliphatic heterocycles. The van der Waals surface area contributed by atoms with Gasteiger partial charge in [0.2, 0.25) is 0 Å². The van der Waals surface area contributed by atoms with E-state index in [9.17, 15) is 9.59 Å². The topological polar surface area (TPSA) is 114 Å². The highest BCUT2D eigenvalue weighted by atomic mass is 16.5. The Kier molecular flexibility index (Phi) is 24.0. The number of benzene rings is 6. The van der Waals surface area contributed by atoms with Crippen molar-refractivity contribution in [3.05, 3.63) is 168 Å². The highest BCUT2D eigenvalue weighted by Gasteiger charge is 2.11. The highest BCUT2D eigenvalue weighted by molar-refractivity contribution is 5.92. The van der Waals surface area contributed by atoms with Crippen molar-refractivity contribution in [1.82, 2.24) is 0 Å². The number of rotatable bonds is 33. The summed E-state index contributed by atoms with van der Waals surface area (Å²) >= 11 is 0. The fourth-order valence-corrected chi connectivity index (χ4v) is 7.68. The van der Waals surface area contributed by atoms with Gasteiger partial charge in [0.1, 0.15) is 47.7 Å². The van der Waals surface area contributed by atoms with Gasteiger partial charge < -0.3 is 28.4 Å². The monoisotopic (exact) mass is 973 g/mol. The van der Waals surface area contributed by atoms with E-state index < -0.39 is 11.9 Å². The summed E-state index contributed by atoms with van der Waals surface area (Å²) in [5.74, 6) is 2.99. The van der Waals surface area contributed by atoms with Crippen molar-refractivity contribution in [2.45, 2.75) is 117 Å². The smallest absolute Gasteiger partial charge is 0.343 e. The predicted molar refractivity (Wildman–Crippen MR) is 290 cm³/mol. The Labute approximate surface area is 427 Å². The number of carbonyl (C=O) groups excluding carboxylic acids is 2. The van der Waals surface area contributed by atoms with Gasteiger partial charge in [-0.1, -0.05) is 104 Å². The zero-order valence-corrected chi connectivity index (χ0v) is 42.3. The van der Waals surface area contributed by atoms with Gasteiger partial charge >= 0.3 is 11.9 Å². The third-order valence-corrected chi connectivity index (χ3v) is 11.9. The first-order valence-corrected chi connectivity index (χ1v) is 26.1. The summed E-state index contributed by atoms with van der Waals surface area (Å²) in [6.45, 7) is 6.57. The fourth-order valence-electron chi connectivity index (χ4n) is 7.68. The maximum absolute atomic E-state index is 12.8. The van der Waals surface area contributed by atoms with Crippen LogP contribution < -0.4 is 28.4 Å². The van der Waals surface area contributed by atoms with E-state index in [-0.39, 0.29) is 0 Å². The first kappa shape index (κ1) is 54.1. The molecule has 0 spiro atoms. The molecule has 0 atom stereocenters. The Morgan fingerprint density at radius 3 is 0.944 bits per heavy atom. The molecule has 72 heavy (non-hydrogen) atoms. The van der Waals surface area contributed by atoms with Crippen LogP contribution in [0.3, 0.4) is 0 Å². The van der Waals surface area contributed by atoms with Crippen molar-refractivity contribution in [2.75, 3.05) is 26.4 Å². The number of carbonyl (C=O) groups is 2. The Balaban J connectivity index is 0.819. The van der Waals surface area contributed by atoms with E-state index in [1.807, 2.05) is 97.1 Å². The molecule has 6 aromatic carbocycles. The second kappa shape index (κ2) is 31.9. The highest BCUT2D eigenvalue weighted by Crippen LogP contribution is 2.23. The quantitative estimate of drug-likeness (QED) is 0.0173. The van der Waals surface area contributed by atoms with Crippen LogP contribution in [0.4, 0.5) is 11.4 Å². The molecule has 0 saturated heterocycles. The van der Waals surface area contributed by atoms with Crippen molar-refractivity contribution >= 4 is 35.7 Å². The molecule has 0 amide bonds. The van der Waals surface area contributed by atoms with Crippen LogP contribution in [-0.4, -0.2) is 50.8 Å². The second-order valence-corrected chi connectivity index (χ2v) is 17.8. The summed E-state index contributed by atoms with van der Waals surface area (Å²) in [6, 6.07) is 43.6. The molecule has 6 aromatic rings. The summed E-state index contributed by atoms with van der Waals surface area (Å²) in [5, 5.41) is 0. The van der Waals surface area contributed by atoms with Gasteiger partial charge in [-0.25, -0.2) is 9.59 Å². The number of ether oxygens (including phenoxy) is 6. The van der Waals surface area contributed by atoms with Crippen LogP contribution in [0.15, 0.2) is 156 Å². The summed E-state index contributed by atoms with van der Waals surface area (Å²) in [6.07, 6.45) is 23.6. The van der Waals surface area contributed by atoms with E-state index in [1.165, 1.54) is 89.9 Å². The van der Waals surface area contributed by atoms with E-state index in [2.05, 4.69) is 23.8 Å². The summed E-state index contributed by atoms with van der Waals surface area (Å²) in [7, 11) is 0. The molecule has 0 bridgehead atoms. The molecule has 10 nitrogen and oxygen atoms in total. The third-order valence-electron chi connectivity index (χ3n) is 11.9. The molecule has 0 radical (unpaired) electrons. The van der Waals surface area contributed by atoms with Crippen LogP contribution in [0.5, 0.6) is 34.5 Å². The Bertz CT molecular complexity index is 2320. The number of unbranched alkanes of at least 4 members (excludes halogenated alkanes) is 14. The maximum atomic E-state index is 12.8. The lowest BCUT2D eigenvalue weighted by Gasteiger charge is -2.09. The molecule has 0 aliphatic carbocycles. The molecule has 0 aromatic heterocycles. The lowest BCUT2D eigenvalue weighted by Crippen LogP contribution is -2.08. The Morgan fingerprint density at radius 2 is 0.611 bits per heavy atom. The number of nitrogens with zero attached hydrogens (tertiary/aromatic N) is 2. The van der Waals surface area contributed by atoms with Crippen molar-refractivity contribution in [3.63, 3.8) is 0 Å². The number of aliphatic imine (C=N–C) groups is 2. The normalized spacial score (nSPS) is 11.2. The van der Waals surface area contributed by atoms with Crippen LogP contribution >= 0.6 is 0 Å². The maximum Gasteiger partial charge on any atom is 0.343 e. The number of esters is 2. The summed E-state index contributed by atoms with van der Waals surface area (Å²) in [4.78, 5) is 34.7. The molecule has 0 unspecified atom stereocenters. The van der Waals surface area contributed by atoms with Crippen LogP contribution in [-0.2, 0) is 0 Å². The van der Waals surface area contributed by atoms with Gasteiger partial charge in [0, 0.05) is 12.4 Å². The lowest BCUT2D eigenvalue weighted by atomic mass is 10.1. The van der Waals surface area contributed by atoms with Gasteiger partial charge in [-0.15, -0.1) is 0 Å². The first-order valence-electron chi connectivity index (χ1n) is 26.1. The van der Waals surface area contributed by atoms with Crippen molar-refractivity contribution < 1.29 is 38.0 Å². The van der Waals surface area contributed by atoms with Crippen LogP contribution in [0, 0.1) is 0 Å². The molecule has 10 heteroatoms. The minimum Gasteiger partial charge on any atom is -0.494 e. The van der Waals surface area contributed by atoms with Crippen LogP contribution in [0.25, 0.3) is 0 Å². The minimum atomic E-state index is -0.424. The van der Waals surface area contributed by atoms with E-state index in [1.54, 1.807) is 61.0 Å². The Morgan fingerprint density at radius 1 is 0.333 bits per heavy atom. The lowest BCUT2D eigenvalue weighted by molar-refractivity contribution is 0.0725. The molecule has 0 saturated carbocycles. The number of hydrogen-bond donors (Lipinski definition) is 0. The SMILES string of the molecule is CCCCCCCCCCOc1ccc(C(=O)Oc2ccc(C=Nc3ccc(OCCOc4ccc(N=Cc5ccc(OC(=O)c6ccc(OCCCCCCCCCC)cc6)cc5)cc4)cc3)cc2)cc1. The Hall–Kier alpha value is -7.20. The van der Waals surface area contributed by atoms with E-state index in [4.69, 9.17) is 28.4 Å². The van der Waals surface area contributed by atoms with E-state index in [0.717, 1.165) is 46.8 Å². The third kappa shape index (κ3) is 20.6. The van der Waals surface area contributed by atoms with Crippen LogP contribution in [0.1, 0.15) is 148 Å². The van der Waals surface area contributed by atoms with E-state index in [0.29, 0.717) is 60.6 Å². The summed E-state index contributed by atoms with van der Waals surface area (Å²) in [5.41, 5.74) is 4.20. The molecule has 0 N–H and O–H groups in total. The molecule has 0 fully saturated rings. The van der Waals surface area contributed by atoms with Gasteiger partial charge in [0.05, 0.1) is 35.7 Å². The van der Waals surface area contributed by atoms with Gasteiger partial charge in [0.25, 0.3) is 0 Å². The van der Waals surface area contributed by atoms with Crippen molar-refractivity contribution in [3.8, 4) is 34.5 Å². The standard InChI is InChI=1S/C62H72N2O8/c1-3-5-7-9-11-13-15-17-43-67-55-35-23-51(24-36-55)61(65)71-59-31-19-49(20-32-59)47-63-53-27-39-57(40-28-53)69-45-46-70-58-41-29-54(30-42-58)64-48-50-21-33-60(34-22-50)72-62(66)52-25-37-56(38-26-52)68-44-18-16-14-12-10-8-6-4-2/h19-42,47-48H,3-18,43-46H2,1-2H3. The average molecular weight is 973 g/mol. The molecule has 0 aliphatic rings. The van der Waals surface area contributed by atoms with Crippen molar-refractivity contribution in [1.29, 1.82) is 0 Å². The van der Waals surface area contributed by atoms with Crippen LogP contribution in [0.2, 0.25) is 0 Å². The zero-order valence-electron chi connectivity index (χ0n) is 42.3. The van der Waals surface area contributed by atoms with Gasteiger partial charge in [0.15, 0.2) is 0 Å². The minimum absolute atomic E-state index is 0.366. The van der Waals surface area contributed by atoms with Gasteiger partial charge in [-0.05, 0) is 170 Å². The number of hydrogen-bond acceptors (Lipinski definition) is 10. The second-order valence-electron chi connectivity index (χ2n) is 17.8. The molecule has 378 valence electrons. The fraction of sp³-hybridized carbons (Fsp3) is 0.355. The molecule has 0 heterocycles. The predicted octanol–water partition coefficient (Wildman–Crippen LogP) is 16.1. The molecular weight excluding hydrogens is 901 g/mol. The average Bonchev–Trinajstić information content (AvgIpc) is 3.41.